The van der Waals surface area contributed by atoms with Gasteiger partial charge in [0.2, 0.25) is 5.91 Å². The molecular formula is C15H23FN2OS. The molecule has 0 aliphatic carbocycles. The van der Waals surface area contributed by atoms with Crippen LogP contribution in [0, 0.1) is 5.82 Å². The van der Waals surface area contributed by atoms with Gasteiger partial charge in [-0.15, -0.1) is 0 Å². The number of benzene rings is 1. The summed E-state index contributed by atoms with van der Waals surface area (Å²) < 4.78 is 12.7. The molecule has 0 unspecified atom stereocenters. The third kappa shape index (κ3) is 8.17. The fourth-order valence-electron chi connectivity index (χ4n) is 1.79. The molecule has 0 atom stereocenters. The summed E-state index contributed by atoms with van der Waals surface area (Å²) in [6.07, 6.45) is 6.95. The average molecular weight is 298 g/mol. The van der Waals surface area contributed by atoms with Crippen molar-refractivity contribution >= 4 is 23.4 Å². The summed E-state index contributed by atoms with van der Waals surface area (Å²) in [5.41, 5.74) is 0.621. The van der Waals surface area contributed by atoms with E-state index >= 15 is 0 Å². The molecular weight excluding hydrogens is 275 g/mol. The Labute approximate surface area is 124 Å². The standard InChI is InChI=1S/C15H23FN2OS/c1-20-11-5-3-2-4-10-17-12-15(19)18-14-8-6-13(16)7-9-14/h6-9,17H,2-5,10-12H2,1H3,(H,18,19). The Kier molecular flexibility index (Phi) is 9.07. The van der Waals surface area contributed by atoms with E-state index in [0.29, 0.717) is 12.2 Å². The lowest BCUT2D eigenvalue weighted by atomic mass is 10.2. The number of carbonyl (C=O) groups excluding carboxylic acids is 1. The fraction of sp³-hybridized carbons (Fsp3) is 0.533. The van der Waals surface area contributed by atoms with Crippen LogP contribution < -0.4 is 10.6 Å². The maximum Gasteiger partial charge on any atom is 0.238 e. The SMILES string of the molecule is CSCCCCCCNCC(=O)Nc1ccc(F)cc1. The lowest BCUT2D eigenvalue weighted by Gasteiger charge is -2.06. The number of carbonyl (C=O) groups is 1. The molecule has 20 heavy (non-hydrogen) atoms. The summed E-state index contributed by atoms with van der Waals surface area (Å²) in [7, 11) is 0. The molecule has 0 aromatic heterocycles. The molecule has 1 amide bonds. The molecule has 0 saturated heterocycles. The molecule has 0 saturated carbocycles. The lowest BCUT2D eigenvalue weighted by molar-refractivity contribution is -0.115. The minimum Gasteiger partial charge on any atom is -0.325 e. The maximum atomic E-state index is 12.7. The molecule has 1 rings (SSSR count). The predicted octanol–water partition coefficient (Wildman–Crippen LogP) is 3.28. The van der Waals surface area contributed by atoms with Crippen LogP contribution in [-0.2, 0) is 4.79 Å². The van der Waals surface area contributed by atoms with Crippen molar-refractivity contribution in [3.63, 3.8) is 0 Å². The van der Waals surface area contributed by atoms with Crippen LogP contribution in [0.25, 0.3) is 0 Å². The van der Waals surface area contributed by atoms with Gasteiger partial charge < -0.3 is 10.6 Å². The number of anilines is 1. The molecule has 0 aliphatic rings. The highest BCUT2D eigenvalue weighted by Gasteiger charge is 2.01. The van der Waals surface area contributed by atoms with Gasteiger partial charge in [0.25, 0.3) is 0 Å². The Hall–Kier alpha value is -1.07. The van der Waals surface area contributed by atoms with Gasteiger partial charge in [0, 0.05) is 5.69 Å². The van der Waals surface area contributed by atoms with Crippen LogP contribution >= 0.6 is 11.8 Å². The van der Waals surface area contributed by atoms with Gasteiger partial charge in [-0.05, 0) is 55.7 Å². The van der Waals surface area contributed by atoms with Gasteiger partial charge in [0.05, 0.1) is 6.54 Å². The van der Waals surface area contributed by atoms with E-state index in [1.807, 2.05) is 11.8 Å². The van der Waals surface area contributed by atoms with Crippen LogP contribution in [0.3, 0.4) is 0 Å². The topological polar surface area (TPSA) is 41.1 Å². The summed E-state index contributed by atoms with van der Waals surface area (Å²) in [4.78, 5) is 11.6. The van der Waals surface area contributed by atoms with Gasteiger partial charge in [-0.1, -0.05) is 12.8 Å². The van der Waals surface area contributed by atoms with E-state index in [-0.39, 0.29) is 11.7 Å². The van der Waals surface area contributed by atoms with Crippen molar-refractivity contribution in [2.75, 3.05) is 30.4 Å². The Morgan fingerprint density at radius 3 is 2.55 bits per heavy atom. The Balaban J connectivity index is 2.01. The largest absolute Gasteiger partial charge is 0.325 e. The molecule has 0 spiro atoms. The maximum absolute atomic E-state index is 12.7. The molecule has 1 aromatic rings. The van der Waals surface area contributed by atoms with Gasteiger partial charge in [0.1, 0.15) is 5.82 Å². The zero-order valence-electron chi connectivity index (χ0n) is 12.0. The number of nitrogens with one attached hydrogen (secondary N) is 2. The Morgan fingerprint density at radius 2 is 1.85 bits per heavy atom. The molecule has 2 N–H and O–H groups in total. The van der Waals surface area contributed by atoms with E-state index in [9.17, 15) is 9.18 Å². The number of rotatable bonds is 10. The number of amides is 1. The summed E-state index contributed by atoms with van der Waals surface area (Å²) in [6, 6.07) is 5.77. The van der Waals surface area contributed by atoms with Crippen molar-refractivity contribution in [3.8, 4) is 0 Å². The van der Waals surface area contributed by atoms with Crippen molar-refractivity contribution in [2.24, 2.45) is 0 Å². The summed E-state index contributed by atoms with van der Waals surface area (Å²) in [5.74, 6) is 0.828. The van der Waals surface area contributed by atoms with Gasteiger partial charge in [-0.25, -0.2) is 4.39 Å². The Morgan fingerprint density at radius 1 is 1.15 bits per heavy atom. The van der Waals surface area contributed by atoms with Gasteiger partial charge >= 0.3 is 0 Å². The number of thioether (sulfide) groups is 1. The van der Waals surface area contributed by atoms with E-state index < -0.39 is 0 Å². The highest BCUT2D eigenvalue weighted by atomic mass is 32.2. The lowest BCUT2D eigenvalue weighted by Crippen LogP contribution is -2.28. The summed E-state index contributed by atoms with van der Waals surface area (Å²) in [5, 5.41) is 5.83. The van der Waals surface area contributed by atoms with Crippen LogP contribution in [0.2, 0.25) is 0 Å². The van der Waals surface area contributed by atoms with Crippen LogP contribution in [0.4, 0.5) is 10.1 Å². The van der Waals surface area contributed by atoms with Crippen molar-refractivity contribution in [3.05, 3.63) is 30.1 Å². The molecule has 0 bridgehead atoms. The number of unbranched alkanes of at least 4 members (excludes halogenated alkanes) is 3. The number of hydrogen-bond donors (Lipinski definition) is 2. The van der Waals surface area contributed by atoms with Gasteiger partial charge in [0.15, 0.2) is 0 Å². The molecule has 5 heteroatoms. The molecule has 112 valence electrons. The second-order valence-electron chi connectivity index (χ2n) is 4.64. The van der Waals surface area contributed by atoms with E-state index in [2.05, 4.69) is 16.9 Å². The van der Waals surface area contributed by atoms with E-state index in [4.69, 9.17) is 0 Å². The van der Waals surface area contributed by atoms with E-state index in [1.165, 1.54) is 37.1 Å². The first-order chi connectivity index (χ1) is 9.72. The Bertz CT molecular complexity index is 384. The van der Waals surface area contributed by atoms with Crippen molar-refractivity contribution in [1.82, 2.24) is 5.32 Å². The van der Waals surface area contributed by atoms with Crippen molar-refractivity contribution in [2.45, 2.75) is 25.7 Å². The molecule has 0 radical (unpaired) electrons. The highest BCUT2D eigenvalue weighted by molar-refractivity contribution is 7.98. The second kappa shape index (κ2) is 10.7. The van der Waals surface area contributed by atoms with E-state index in [1.54, 1.807) is 12.1 Å². The third-order valence-electron chi connectivity index (χ3n) is 2.87. The minimum absolute atomic E-state index is 0.0982. The quantitative estimate of drug-likeness (QED) is 0.651. The number of halogens is 1. The first-order valence-corrected chi connectivity index (χ1v) is 8.37. The molecule has 0 heterocycles. The zero-order valence-corrected chi connectivity index (χ0v) is 12.8. The highest BCUT2D eigenvalue weighted by Crippen LogP contribution is 2.07. The zero-order chi connectivity index (χ0) is 14.6. The smallest absolute Gasteiger partial charge is 0.238 e. The van der Waals surface area contributed by atoms with Gasteiger partial charge in [-0.2, -0.15) is 11.8 Å². The normalized spacial score (nSPS) is 10.5. The fourth-order valence-corrected chi connectivity index (χ4v) is 2.28. The van der Waals surface area contributed by atoms with Gasteiger partial charge in [-0.3, -0.25) is 4.79 Å². The third-order valence-corrected chi connectivity index (χ3v) is 3.56. The molecule has 0 aliphatic heterocycles. The van der Waals surface area contributed by atoms with Crippen LogP contribution in [0.1, 0.15) is 25.7 Å². The first-order valence-electron chi connectivity index (χ1n) is 6.97. The summed E-state index contributed by atoms with van der Waals surface area (Å²) >= 11 is 1.88. The van der Waals surface area contributed by atoms with Crippen LogP contribution in [-0.4, -0.2) is 31.0 Å². The monoisotopic (exact) mass is 298 g/mol. The minimum atomic E-state index is -0.303. The first kappa shape index (κ1) is 17.0. The molecule has 0 fully saturated rings. The predicted molar refractivity (Wildman–Crippen MR) is 84.7 cm³/mol. The van der Waals surface area contributed by atoms with Crippen molar-refractivity contribution in [1.29, 1.82) is 0 Å². The van der Waals surface area contributed by atoms with E-state index in [0.717, 1.165) is 13.0 Å². The second-order valence-corrected chi connectivity index (χ2v) is 5.62. The van der Waals surface area contributed by atoms with Crippen LogP contribution in [0.15, 0.2) is 24.3 Å². The molecule has 3 nitrogen and oxygen atoms in total. The molecule has 1 aromatic carbocycles. The number of hydrogen-bond acceptors (Lipinski definition) is 3. The average Bonchev–Trinajstić information content (AvgIpc) is 2.44. The van der Waals surface area contributed by atoms with Crippen molar-refractivity contribution < 1.29 is 9.18 Å². The summed E-state index contributed by atoms with van der Waals surface area (Å²) in [6.45, 7) is 1.15. The van der Waals surface area contributed by atoms with Crippen LogP contribution in [0.5, 0.6) is 0 Å².